The molecular formula is C18H17F2N3O3. The molecule has 136 valence electrons. The maximum absolute atomic E-state index is 13.2. The molecule has 2 aromatic rings. The highest BCUT2D eigenvalue weighted by Gasteiger charge is 2.28. The Morgan fingerprint density at radius 1 is 1.12 bits per heavy atom. The zero-order valence-corrected chi connectivity index (χ0v) is 13.8. The van der Waals surface area contributed by atoms with Gasteiger partial charge in [-0.15, -0.1) is 0 Å². The molecule has 0 saturated carbocycles. The summed E-state index contributed by atoms with van der Waals surface area (Å²) in [6, 6.07) is 9.71. The first-order valence-corrected chi connectivity index (χ1v) is 8.20. The van der Waals surface area contributed by atoms with Gasteiger partial charge < -0.3 is 10.2 Å². The van der Waals surface area contributed by atoms with Crippen LogP contribution >= 0.6 is 0 Å². The van der Waals surface area contributed by atoms with Gasteiger partial charge in [-0.25, -0.2) is 8.78 Å². The van der Waals surface area contributed by atoms with Crippen LogP contribution in [0.4, 0.5) is 25.8 Å². The summed E-state index contributed by atoms with van der Waals surface area (Å²) in [5.74, 6) is -2.55. The summed E-state index contributed by atoms with van der Waals surface area (Å²) in [6.45, 7) is 1.00. The second kappa shape index (κ2) is 7.47. The number of nitro benzene ring substituents is 1. The third-order valence-corrected chi connectivity index (χ3v) is 4.47. The largest absolute Gasteiger partial charge is 0.366 e. The van der Waals surface area contributed by atoms with E-state index in [1.807, 2.05) is 4.90 Å². The quantitative estimate of drug-likeness (QED) is 0.665. The van der Waals surface area contributed by atoms with Gasteiger partial charge in [-0.2, -0.15) is 0 Å². The van der Waals surface area contributed by atoms with E-state index < -0.39 is 16.6 Å². The van der Waals surface area contributed by atoms with Crippen molar-refractivity contribution in [2.75, 3.05) is 23.3 Å². The van der Waals surface area contributed by atoms with Gasteiger partial charge in [-0.1, -0.05) is 12.1 Å². The van der Waals surface area contributed by atoms with Crippen LogP contribution in [-0.2, 0) is 4.79 Å². The molecule has 0 radical (unpaired) electrons. The van der Waals surface area contributed by atoms with Crippen molar-refractivity contribution in [3.8, 4) is 0 Å². The molecular weight excluding hydrogens is 344 g/mol. The minimum atomic E-state index is -1.02. The fourth-order valence-corrected chi connectivity index (χ4v) is 3.09. The van der Waals surface area contributed by atoms with Gasteiger partial charge in [0.1, 0.15) is 5.69 Å². The Morgan fingerprint density at radius 2 is 1.81 bits per heavy atom. The van der Waals surface area contributed by atoms with Crippen LogP contribution in [0.15, 0.2) is 42.5 Å². The smallest absolute Gasteiger partial charge is 0.292 e. The number of anilines is 2. The molecule has 0 unspecified atom stereocenters. The second-order valence-corrected chi connectivity index (χ2v) is 6.13. The number of amides is 1. The molecule has 2 aromatic carbocycles. The number of carbonyl (C=O) groups excluding carboxylic acids is 1. The van der Waals surface area contributed by atoms with Crippen LogP contribution in [0.2, 0.25) is 0 Å². The fourth-order valence-electron chi connectivity index (χ4n) is 3.09. The van der Waals surface area contributed by atoms with E-state index in [0.717, 1.165) is 12.1 Å². The average molecular weight is 361 g/mol. The summed E-state index contributed by atoms with van der Waals surface area (Å²) in [4.78, 5) is 24.9. The lowest BCUT2D eigenvalue weighted by Crippen LogP contribution is -2.38. The van der Waals surface area contributed by atoms with Crippen molar-refractivity contribution in [1.29, 1.82) is 0 Å². The first kappa shape index (κ1) is 17.8. The van der Waals surface area contributed by atoms with Crippen molar-refractivity contribution in [1.82, 2.24) is 0 Å². The Bertz CT molecular complexity index is 836. The molecule has 26 heavy (non-hydrogen) atoms. The molecule has 0 atom stereocenters. The predicted molar refractivity (Wildman–Crippen MR) is 93.0 cm³/mol. The molecule has 1 fully saturated rings. The number of para-hydroxylation sites is 2. The predicted octanol–water partition coefficient (Wildman–Crippen LogP) is 3.73. The van der Waals surface area contributed by atoms with Gasteiger partial charge in [0.05, 0.1) is 4.92 Å². The molecule has 1 heterocycles. The van der Waals surface area contributed by atoms with E-state index >= 15 is 0 Å². The van der Waals surface area contributed by atoms with Crippen LogP contribution in [0, 0.1) is 27.7 Å². The van der Waals surface area contributed by atoms with Gasteiger partial charge in [0.15, 0.2) is 11.6 Å². The summed E-state index contributed by atoms with van der Waals surface area (Å²) in [6.07, 6.45) is 1.03. The van der Waals surface area contributed by atoms with Crippen molar-refractivity contribution in [2.24, 2.45) is 5.92 Å². The summed E-state index contributed by atoms with van der Waals surface area (Å²) in [5, 5.41) is 13.7. The van der Waals surface area contributed by atoms with E-state index in [9.17, 15) is 23.7 Å². The lowest BCUT2D eigenvalue weighted by atomic mass is 9.95. The molecule has 1 saturated heterocycles. The zero-order chi connectivity index (χ0) is 18.7. The minimum Gasteiger partial charge on any atom is -0.366 e. The number of nitro groups is 1. The van der Waals surface area contributed by atoms with Crippen LogP contribution in [-0.4, -0.2) is 23.9 Å². The van der Waals surface area contributed by atoms with Crippen LogP contribution in [0.5, 0.6) is 0 Å². The maximum atomic E-state index is 13.2. The van der Waals surface area contributed by atoms with E-state index in [1.54, 1.807) is 18.2 Å². The highest BCUT2D eigenvalue weighted by atomic mass is 19.2. The molecule has 1 aliphatic heterocycles. The number of hydrogen-bond donors (Lipinski definition) is 1. The topological polar surface area (TPSA) is 75.5 Å². The monoisotopic (exact) mass is 361 g/mol. The molecule has 1 N–H and O–H groups in total. The standard InChI is InChI=1S/C18H17F2N3O3/c19-14-6-5-13(11-15(14)20)21-18(24)12-7-9-22(10-8-12)16-3-1-2-4-17(16)23(25)26/h1-6,11-12H,7-10H2,(H,21,24). The van der Waals surface area contributed by atoms with Crippen LogP contribution in [0.25, 0.3) is 0 Å². The molecule has 0 bridgehead atoms. The SMILES string of the molecule is O=C(Nc1ccc(F)c(F)c1)C1CCN(c2ccccc2[N+](=O)[O-])CC1. The van der Waals surface area contributed by atoms with Crippen molar-refractivity contribution in [3.05, 3.63) is 64.2 Å². The first-order chi connectivity index (χ1) is 12.5. The Balaban J connectivity index is 1.62. The highest BCUT2D eigenvalue weighted by molar-refractivity contribution is 5.92. The fraction of sp³-hybridized carbons (Fsp3) is 0.278. The van der Waals surface area contributed by atoms with E-state index in [4.69, 9.17) is 0 Å². The molecule has 6 nitrogen and oxygen atoms in total. The second-order valence-electron chi connectivity index (χ2n) is 6.13. The van der Waals surface area contributed by atoms with Crippen molar-refractivity contribution >= 4 is 23.0 Å². The summed E-state index contributed by atoms with van der Waals surface area (Å²) >= 11 is 0. The third kappa shape index (κ3) is 3.79. The maximum Gasteiger partial charge on any atom is 0.292 e. The Morgan fingerprint density at radius 3 is 2.46 bits per heavy atom. The number of rotatable bonds is 4. The van der Waals surface area contributed by atoms with Gasteiger partial charge in [0, 0.05) is 36.8 Å². The number of nitrogens with one attached hydrogen (secondary N) is 1. The summed E-state index contributed by atoms with van der Waals surface area (Å²) < 4.78 is 26.2. The molecule has 1 amide bonds. The number of nitrogens with zero attached hydrogens (tertiary/aromatic N) is 2. The minimum absolute atomic E-state index is 0.0391. The molecule has 8 heteroatoms. The molecule has 3 rings (SSSR count). The van der Waals surface area contributed by atoms with Gasteiger partial charge in [-0.05, 0) is 31.0 Å². The molecule has 0 aromatic heterocycles. The van der Waals surface area contributed by atoms with Crippen molar-refractivity contribution < 1.29 is 18.5 Å². The Kier molecular flexibility index (Phi) is 5.11. The normalized spacial score (nSPS) is 14.9. The number of benzene rings is 2. The average Bonchev–Trinajstić information content (AvgIpc) is 2.65. The lowest BCUT2D eigenvalue weighted by molar-refractivity contribution is -0.384. The lowest BCUT2D eigenvalue weighted by Gasteiger charge is -2.32. The van der Waals surface area contributed by atoms with Crippen molar-refractivity contribution in [3.63, 3.8) is 0 Å². The molecule has 0 spiro atoms. The first-order valence-electron chi connectivity index (χ1n) is 8.20. The van der Waals surface area contributed by atoms with E-state index in [2.05, 4.69) is 5.32 Å². The highest BCUT2D eigenvalue weighted by Crippen LogP contribution is 2.31. The number of carbonyl (C=O) groups is 1. The summed E-state index contributed by atoms with van der Waals surface area (Å²) in [7, 11) is 0. The molecule has 1 aliphatic rings. The summed E-state index contributed by atoms with van der Waals surface area (Å²) in [5.41, 5.74) is 0.782. The van der Waals surface area contributed by atoms with E-state index in [0.29, 0.717) is 31.6 Å². The van der Waals surface area contributed by atoms with E-state index in [1.165, 1.54) is 12.1 Å². The Hall–Kier alpha value is -3.03. The third-order valence-electron chi connectivity index (χ3n) is 4.47. The van der Waals surface area contributed by atoms with Crippen molar-refractivity contribution in [2.45, 2.75) is 12.8 Å². The van der Waals surface area contributed by atoms with Crippen LogP contribution in [0.1, 0.15) is 12.8 Å². The molecule has 0 aliphatic carbocycles. The number of halogens is 2. The van der Waals surface area contributed by atoms with Crippen LogP contribution < -0.4 is 10.2 Å². The van der Waals surface area contributed by atoms with E-state index in [-0.39, 0.29) is 23.2 Å². The number of hydrogen-bond acceptors (Lipinski definition) is 4. The number of piperidine rings is 1. The zero-order valence-electron chi connectivity index (χ0n) is 13.8. The Labute approximate surface area is 148 Å². The van der Waals surface area contributed by atoms with Gasteiger partial charge in [0.25, 0.3) is 5.69 Å². The van der Waals surface area contributed by atoms with Gasteiger partial charge >= 0.3 is 0 Å². The van der Waals surface area contributed by atoms with Crippen LogP contribution in [0.3, 0.4) is 0 Å². The van der Waals surface area contributed by atoms with Gasteiger partial charge in [-0.3, -0.25) is 14.9 Å². The van der Waals surface area contributed by atoms with Gasteiger partial charge in [0.2, 0.25) is 5.91 Å².